The number of carbonyl (C=O) groups is 1. The van der Waals surface area contributed by atoms with Crippen LogP contribution in [0.15, 0.2) is 12.1 Å². The van der Waals surface area contributed by atoms with Crippen LogP contribution in [-0.4, -0.2) is 29.3 Å². The SMILES string of the molecule is Cc1ccc(F)c(C(=O)N2CCCCCC2CCl)c1F. The van der Waals surface area contributed by atoms with Crippen LogP contribution in [0.4, 0.5) is 8.78 Å². The zero-order valence-corrected chi connectivity index (χ0v) is 12.2. The van der Waals surface area contributed by atoms with Crippen molar-refractivity contribution in [3.05, 3.63) is 34.9 Å². The van der Waals surface area contributed by atoms with Crippen LogP contribution in [0.2, 0.25) is 0 Å². The molecule has 110 valence electrons. The molecule has 2 nitrogen and oxygen atoms in total. The van der Waals surface area contributed by atoms with Crippen molar-refractivity contribution < 1.29 is 13.6 Å². The van der Waals surface area contributed by atoms with Gasteiger partial charge in [-0.3, -0.25) is 4.79 Å². The summed E-state index contributed by atoms with van der Waals surface area (Å²) in [5, 5.41) is 0. The van der Waals surface area contributed by atoms with E-state index in [9.17, 15) is 13.6 Å². The zero-order valence-electron chi connectivity index (χ0n) is 11.5. The van der Waals surface area contributed by atoms with E-state index in [1.54, 1.807) is 0 Å². The van der Waals surface area contributed by atoms with Crippen molar-refractivity contribution in [1.82, 2.24) is 4.90 Å². The van der Waals surface area contributed by atoms with Gasteiger partial charge in [-0.15, -0.1) is 11.6 Å². The molecule has 0 spiro atoms. The van der Waals surface area contributed by atoms with Crippen molar-refractivity contribution in [3.63, 3.8) is 0 Å². The molecule has 1 fully saturated rings. The number of amides is 1. The lowest BCUT2D eigenvalue weighted by Gasteiger charge is -2.29. The van der Waals surface area contributed by atoms with Gasteiger partial charge < -0.3 is 4.90 Å². The van der Waals surface area contributed by atoms with Crippen molar-refractivity contribution in [2.75, 3.05) is 12.4 Å². The van der Waals surface area contributed by atoms with E-state index in [2.05, 4.69) is 0 Å². The number of hydrogen-bond donors (Lipinski definition) is 0. The van der Waals surface area contributed by atoms with E-state index in [0.29, 0.717) is 12.4 Å². The molecule has 20 heavy (non-hydrogen) atoms. The number of hydrogen-bond acceptors (Lipinski definition) is 1. The van der Waals surface area contributed by atoms with E-state index in [4.69, 9.17) is 11.6 Å². The fourth-order valence-corrected chi connectivity index (χ4v) is 2.92. The Hall–Kier alpha value is -1.16. The zero-order chi connectivity index (χ0) is 14.7. The topological polar surface area (TPSA) is 20.3 Å². The number of benzene rings is 1. The summed E-state index contributed by atoms with van der Waals surface area (Å²) in [6.07, 6.45) is 3.62. The first-order valence-corrected chi connectivity index (χ1v) is 7.41. The largest absolute Gasteiger partial charge is 0.334 e. The van der Waals surface area contributed by atoms with Gasteiger partial charge in [0.25, 0.3) is 5.91 Å². The molecule has 0 saturated carbocycles. The van der Waals surface area contributed by atoms with E-state index in [1.807, 2.05) is 0 Å². The lowest BCUT2D eigenvalue weighted by molar-refractivity contribution is 0.0690. The Morgan fingerprint density at radius 1 is 1.35 bits per heavy atom. The number of rotatable bonds is 2. The van der Waals surface area contributed by atoms with Gasteiger partial charge in [0, 0.05) is 18.5 Å². The molecule has 1 aliphatic rings. The van der Waals surface area contributed by atoms with Crippen LogP contribution < -0.4 is 0 Å². The number of aryl methyl sites for hydroxylation is 1. The van der Waals surface area contributed by atoms with E-state index in [0.717, 1.165) is 31.7 Å². The monoisotopic (exact) mass is 301 g/mol. The van der Waals surface area contributed by atoms with Gasteiger partial charge in [0.15, 0.2) is 0 Å². The quantitative estimate of drug-likeness (QED) is 0.759. The first-order valence-electron chi connectivity index (χ1n) is 6.87. The van der Waals surface area contributed by atoms with Crippen LogP contribution in [0.25, 0.3) is 0 Å². The Kier molecular flexibility index (Phi) is 4.97. The molecule has 2 rings (SSSR count). The Labute approximate surface area is 122 Å². The maximum atomic E-state index is 14.1. The highest BCUT2D eigenvalue weighted by atomic mass is 35.5. The smallest absolute Gasteiger partial charge is 0.260 e. The third-order valence-corrected chi connectivity index (χ3v) is 4.17. The fourth-order valence-electron chi connectivity index (χ4n) is 2.60. The van der Waals surface area contributed by atoms with Gasteiger partial charge in [-0.25, -0.2) is 8.78 Å². The summed E-state index contributed by atoms with van der Waals surface area (Å²) < 4.78 is 27.9. The Morgan fingerprint density at radius 2 is 2.10 bits per heavy atom. The third-order valence-electron chi connectivity index (χ3n) is 3.81. The molecular formula is C15H18ClF2NO. The Morgan fingerprint density at radius 3 is 2.80 bits per heavy atom. The van der Waals surface area contributed by atoms with E-state index >= 15 is 0 Å². The predicted octanol–water partition coefficient (Wildman–Crippen LogP) is 3.90. The maximum absolute atomic E-state index is 14.1. The molecule has 5 heteroatoms. The minimum absolute atomic E-state index is 0.147. The molecule has 1 unspecified atom stereocenters. The molecule has 0 aromatic heterocycles. The fraction of sp³-hybridized carbons (Fsp3) is 0.533. The second kappa shape index (κ2) is 6.53. The summed E-state index contributed by atoms with van der Waals surface area (Å²) in [6, 6.07) is 2.33. The van der Waals surface area contributed by atoms with Gasteiger partial charge >= 0.3 is 0 Å². The first kappa shape index (κ1) is 15.2. The molecule has 0 bridgehead atoms. The number of nitrogens with zero attached hydrogens (tertiary/aromatic N) is 1. The van der Waals surface area contributed by atoms with Crippen molar-refractivity contribution in [3.8, 4) is 0 Å². The van der Waals surface area contributed by atoms with E-state index in [-0.39, 0.29) is 11.6 Å². The molecule has 1 saturated heterocycles. The molecule has 1 amide bonds. The lowest BCUT2D eigenvalue weighted by atomic mass is 10.1. The summed E-state index contributed by atoms with van der Waals surface area (Å²) in [4.78, 5) is 14.0. The molecule has 1 aromatic carbocycles. The van der Waals surface area contributed by atoms with E-state index < -0.39 is 23.1 Å². The number of alkyl halides is 1. The van der Waals surface area contributed by atoms with Gasteiger partial charge in [0.1, 0.15) is 17.2 Å². The summed E-state index contributed by atoms with van der Waals surface area (Å²) in [7, 11) is 0. The van der Waals surface area contributed by atoms with Crippen molar-refractivity contribution in [1.29, 1.82) is 0 Å². The van der Waals surface area contributed by atoms with Crippen LogP contribution in [0.1, 0.15) is 41.6 Å². The van der Waals surface area contributed by atoms with Crippen LogP contribution >= 0.6 is 11.6 Å². The van der Waals surface area contributed by atoms with Crippen molar-refractivity contribution >= 4 is 17.5 Å². The highest BCUT2D eigenvalue weighted by Gasteiger charge is 2.29. The highest BCUT2D eigenvalue weighted by molar-refractivity contribution is 6.18. The third kappa shape index (κ3) is 2.95. The van der Waals surface area contributed by atoms with Crippen LogP contribution in [0.5, 0.6) is 0 Å². The van der Waals surface area contributed by atoms with Crippen molar-refractivity contribution in [2.24, 2.45) is 0 Å². The van der Waals surface area contributed by atoms with Crippen LogP contribution in [0, 0.1) is 18.6 Å². The minimum Gasteiger partial charge on any atom is -0.334 e. The average Bonchev–Trinajstić information content (AvgIpc) is 2.68. The minimum atomic E-state index is -0.810. The van der Waals surface area contributed by atoms with Gasteiger partial charge in [-0.1, -0.05) is 18.9 Å². The number of carbonyl (C=O) groups excluding carboxylic acids is 1. The van der Waals surface area contributed by atoms with Crippen LogP contribution in [-0.2, 0) is 0 Å². The summed E-state index contributed by atoms with van der Waals surface area (Å²) in [5.74, 6) is -1.87. The predicted molar refractivity (Wildman–Crippen MR) is 75.1 cm³/mol. The summed E-state index contributed by atoms with van der Waals surface area (Å²) in [5.41, 5.74) is -0.186. The second-order valence-corrected chi connectivity index (χ2v) is 5.52. The van der Waals surface area contributed by atoms with Gasteiger partial charge in [-0.2, -0.15) is 0 Å². The van der Waals surface area contributed by atoms with Gasteiger partial charge in [0.2, 0.25) is 0 Å². The molecule has 1 aliphatic heterocycles. The molecule has 1 heterocycles. The molecule has 0 aliphatic carbocycles. The molecule has 1 atom stereocenters. The molecule has 0 radical (unpaired) electrons. The number of halogens is 3. The lowest BCUT2D eigenvalue weighted by Crippen LogP contribution is -2.42. The average molecular weight is 302 g/mol. The van der Waals surface area contributed by atoms with E-state index in [1.165, 1.54) is 17.9 Å². The van der Waals surface area contributed by atoms with Gasteiger partial charge in [-0.05, 0) is 31.4 Å². The first-order chi connectivity index (χ1) is 9.56. The summed E-state index contributed by atoms with van der Waals surface area (Å²) in [6.45, 7) is 2.02. The maximum Gasteiger partial charge on any atom is 0.260 e. The van der Waals surface area contributed by atoms with Crippen molar-refractivity contribution in [2.45, 2.75) is 38.6 Å². The van der Waals surface area contributed by atoms with Gasteiger partial charge in [0.05, 0.1) is 0 Å². The molecular weight excluding hydrogens is 284 g/mol. The summed E-state index contributed by atoms with van der Waals surface area (Å²) >= 11 is 5.91. The number of likely N-dealkylation sites (tertiary alicyclic amines) is 1. The highest BCUT2D eigenvalue weighted by Crippen LogP contribution is 2.24. The Balaban J connectivity index is 2.36. The molecule has 0 N–H and O–H groups in total. The van der Waals surface area contributed by atoms with Crippen LogP contribution in [0.3, 0.4) is 0 Å². The normalized spacial score (nSPS) is 19.8. The standard InChI is InChI=1S/C15H18ClF2NO/c1-10-6-7-12(17)13(14(10)18)15(20)19-8-4-2-3-5-11(19)9-16/h6-7,11H,2-5,8-9H2,1H3. The Bertz CT molecular complexity index is 507. The second-order valence-electron chi connectivity index (χ2n) is 5.21. The molecule has 1 aromatic rings.